The average molecular weight is 248 g/mol. The molecule has 1 N–H and O–H groups in total. The topological polar surface area (TPSA) is 50.7 Å². The molecule has 1 aliphatic rings. The Morgan fingerprint density at radius 3 is 2.94 bits per heavy atom. The molecular weight excluding hydrogens is 232 g/mol. The van der Waals surface area contributed by atoms with Crippen LogP contribution in [0.5, 0.6) is 0 Å². The molecule has 1 fully saturated rings. The van der Waals surface area contributed by atoms with Gasteiger partial charge in [0.2, 0.25) is 0 Å². The standard InChI is InChI=1S/C12H16N4S/c1-7-10-12(17-16-7)11(15-8(2)14-10)9-4-3-5-13-6-9/h9,13H,3-6H2,1-2H3. The molecule has 90 valence electrons. The Bertz CT molecular complexity index is 543. The Kier molecular flexibility index (Phi) is 2.80. The first-order valence-electron chi connectivity index (χ1n) is 6.07. The Morgan fingerprint density at radius 2 is 2.18 bits per heavy atom. The second-order valence-corrected chi connectivity index (χ2v) is 5.42. The third-order valence-electron chi connectivity index (χ3n) is 3.30. The summed E-state index contributed by atoms with van der Waals surface area (Å²) in [5.74, 6) is 1.38. The van der Waals surface area contributed by atoms with Crippen LogP contribution in [0.3, 0.4) is 0 Å². The normalized spacial score (nSPS) is 20.9. The lowest BCUT2D eigenvalue weighted by molar-refractivity contribution is 0.456. The van der Waals surface area contributed by atoms with Crippen LogP contribution in [-0.2, 0) is 0 Å². The Balaban J connectivity index is 2.13. The highest BCUT2D eigenvalue weighted by atomic mass is 32.1. The van der Waals surface area contributed by atoms with Gasteiger partial charge in [0.05, 0.1) is 16.1 Å². The Morgan fingerprint density at radius 1 is 1.29 bits per heavy atom. The molecule has 0 saturated carbocycles. The van der Waals surface area contributed by atoms with Crippen molar-refractivity contribution in [2.75, 3.05) is 13.1 Å². The van der Waals surface area contributed by atoms with Crippen molar-refractivity contribution in [1.29, 1.82) is 0 Å². The highest BCUT2D eigenvalue weighted by Crippen LogP contribution is 2.31. The summed E-state index contributed by atoms with van der Waals surface area (Å²) < 4.78 is 5.59. The van der Waals surface area contributed by atoms with Gasteiger partial charge in [0.1, 0.15) is 11.3 Å². The molecule has 1 atom stereocenters. The third kappa shape index (κ3) is 1.93. The lowest BCUT2D eigenvalue weighted by atomic mass is 9.95. The van der Waals surface area contributed by atoms with Crippen molar-refractivity contribution >= 4 is 21.7 Å². The smallest absolute Gasteiger partial charge is 0.126 e. The maximum Gasteiger partial charge on any atom is 0.126 e. The van der Waals surface area contributed by atoms with Gasteiger partial charge in [-0.3, -0.25) is 0 Å². The van der Waals surface area contributed by atoms with Gasteiger partial charge in [-0.2, -0.15) is 4.37 Å². The SMILES string of the molecule is Cc1nc(C2CCCNC2)c2snc(C)c2n1. The van der Waals surface area contributed by atoms with Crippen molar-refractivity contribution in [2.24, 2.45) is 0 Å². The van der Waals surface area contributed by atoms with Crippen LogP contribution in [0.2, 0.25) is 0 Å². The van der Waals surface area contributed by atoms with Crippen molar-refractivity contribution in [2.45, 2.75) is 32.6 Å². The van der Waals surface area contributed by atoms with Crippen LogP contribution >= 0.6 is 11.5 Å². The van der Waals surface area contributed by atoms with Crippen molar-refractivity contribution in [3.63, 3.8) is 0 Å². The molecule has 0 amide bonds. The quantitative estimate of drug-likeness (QED) is 0.840. The van der Waals surface area contributed by atoms with Crippen LogP contribution in [-0.4, -0.2) is 27.4 Å². The van der Waals surface area contributed by atoms with Crippen LogP contribution < -0.4 is 5.32 Å². The number of aromatic nitrogens is 3. The van der Waals surface area contributed by atoms with E-state index in [2.05, 4.69) is 19.7 Å². The number of nitrogens with one attached hydrogen (secondary N) is 1. The zero-order chi connectivity index (χ0) is 11.8. The van der Waals surface area contributed by atoms with E-state index < -0.39 is 0 Å². The number of hydrogen-bond donors (Lipinski definition) is 1. The molecule has 17 heavy (non-hydrogen) atoms. The summed E-state index contributed by atoms with van der Waals surface area (Å²) in [6, 6.07) is 0. The van der Waals surface area contributed by atoms with Gasteiger partial charge in [-0.15, -0.1) is 0 Å². The predicted octanol–water partition coefficient (Wildman–Crippen LogP) is 2.17. The third-order valence-corrected chi connectivity index (χ3v) is 4.25. The summed E-state index contributed by atoms with van der Waals surface area (Å²) in [4.78, 5) is 9.16. The lowest BCUT2D eigenvalue weighted by Gasteiger charge is -2.22. The zero-order valence-corrected chi connectivity index (χ0v) is 11.0. The van der Waals surface area contributed by atoms with E-state index in [0.717, 1.165) is 30.1 Å². The molecular formula is C12H16N4S. The number of nitrogens with zero attached hydrogens (tertiary/aromatic N) is 3. The lowest BCUT2D eigenvalue weighted by Crippen LogP contribution is -2.29. The van der Waals surface area contributed by atoms with Crippen LogP contribution in [0.4, 0.5) is 0 Å². The fraction of sp³-hybridized carbons (Fsp3) is 0.583. The fourth-order valence-electron chi connectivity index (χ4n) is 2.44. The minimum atomic E-state index is 0.521. The first-order valence-corrected chi connectivity index (χ1v) is 6.84. The molecule has 1 saturated heterocycles. The highest BCUT2D eigenvalue weighted by Gasteiger charge is 2.21. The van der Waals surface area contributed by atoms with Gasteiger partial charge < -0.3 is 5.32 Å². The van der Waals surface area contributed by atoms with E-state index in [1.165, 1.54) is 23.2 Å². The first-order chi connectivity index (χ1) is 8.25. The van der Waals surface area contributed by atoms with Gasteiger partial charge >= 0.3 is 0 Å². The minimum Gasteiger partial charge on any atom is -0.316 e. The molecule has 2 aromatic heterocycles. The van der Waals surface area contributed by atoms with Crippen LogP contribution in [0, 0.1) is 13.8 Å². The number of hydrogen-bond acceptors (Lipinski definition) is 5. The summed E-state index contributed by atoms with van der Waals surface area (Å²) in [7, 11) is 0. The van der Waals surface area contributed by atoms with Crippen LogP contribution in [0.1, 0.15) is 36.0 Å². The molecule has 1 unspecified atom stereocenters. The van der Waals surface area contributed by atoms with E-state index in [-0.39, 0.29) is 0 Å². The van der Waals surface area contributed by atoms with Gasteiger partial charge in [0, 0.05) is 12.5 Å². The van der Waals surface area contributed by atoms with E-state index in [9.17, 15) is 0 Å². The van der Waals surface area contributed by atoms with Crippen molar-refractivity contribution in [3.8, 4) is 0 Å². The van der Waals surface area contributed by atoms with Crippen molar-refractivity contribution in [3.05, 3.63) is 17.2 Å². The second-order valence-electron chi connectivity index (χ2n) is 4.65. The molecule has 1 aliphatic heterocycles. The van der Waals surface area contributed by atoms with Gasteiger partial charge in [-0.25, -0.2) is 9.97 Å². The minimum absolute atomic E-state index is 0.521. The molecule has 0 radical (unpaired) electrons. The molecule has 5 heteroatoms. The largest absolute Gasteiger partial charge is 0.316 e. The molecule has 0 spiro atoms. The summed E-state index contributed by atoms with van der Waals surface area (Å²) in [5, 5.41) is 3.45. The molecule has 2 aromatic rings. The van der Waals surface area contributed by atoms with Gasteiger partial charge in [0.15, 0.2) is 0 Å². The van der Waals surface area contributed by atoms with E-state index in [4.69, 9.17) is 0 Å². The summed E-state index contributed by atoms with van der Waals surface area (Å²) in [6.07, 6.45) is 2.45. The fourth-order valence-corrected chi connectivity index (χ4v) is 3.34. The number of rotatable bonds is 1. The van der Waals surface area contributed by atoms with Crippen LogP contribution in [0.25, 0.3) is 10.2 Å². The molecule has 3 heterocycles. The zero-order valence-electron chi connectivity index (χ0n) is 10.2. The number of piperidine rings is 1. The molecule has 0 aliphatic carbocycles. The van der Waals surface area contributed by atoms with E-state index in [0.29, 0.717) is 5.92 Å². The van der Waals surface area contributed by atoms with E-state index >= 15 is 0 Å². The predicted molar refractivity (Wildman–Crippen MR) is 69.5 cm³/mol. The number of fused-ring (bicyclic) bond motifs is 1. The van der Waals surface area contributed by atoms with Crippen LogP contribution in [0.15, 0.2) is 0 Å². The van der Waals surface area contributed by atoms with Gasteiger partial charge in [0.25, 0.3) is 0 Å². The average Bonchev–Trinajstić information content (AvgIpc) is 2.72. The monoisotopic (exact) mass is 248 g/mol. The van der Waals surface area contributed by atoms with Gasteiger partial charge in [-0.05, 0) is 44.8 Å². The van der Waals surface area contributed by atoms with E-state index in [1.807, 2.05) is 13.8 Å². The second kappa shape index (κ2) is 4.31. The highest BCUT2D eigenvalue weighted by molar-refractivity contribution is 7.13. The molecule has 0 bridgehead atoms. The van der Waals surface area contributed by atoms with Gasteiger partial charge in [-0.1, -0.05) is 0 Å². The van der Waals surface area contributed by atoms with Crippen molar-refractivity contribution in [1.82, 2.24) is 19.7 Å². The molecule has 4 nitrogen and oxygen atoms in total. The molecule has 0 aromatic carbocycles. The summed E-state index contributed by atoms with van der Waals surface area (Å²) in [5.41, 5.74) is 3.27. The Hall–Kier alpha value is -1.07. The molecule has 3 rings (SSSR count). The maximum absolute atomic E-state index is 4.66. The first kappa shape index (κ1) is 11.0. The Labute approximate surface area is 105 Å². The number of aryl methyl sites for hydroxylation is 2. The summed E-state index contributed by atoms with van der Waals surface area (Å²) in [6.45, 7) is 6.15. The summed E-state index contributed by atoms with van der Waals surface area (Å²) >= 11 is 1.54. The maximum atomic E-state index is 4.66. The van der Waals surface area contributed by atoms with Crippen molar-refractivity contribution < 1.29 is 0 Å². The van der Waals surface area contributed by atoms with E-state index in [1.54, 1.807) is 11.5 Å².